The van der Waals surface area contributed by atoms with E-state index < -0.39 is 9.84 Å². The number of amides is 1. The summed E-state index contributed by atoms with van der Waals surface area (Å²) in [6.45, 7) is 1.61. The highest BCUT2D eigenvalue weighted by atomic mass is 32.2. The van der Waals surface area contributed by atoms with Gasteiger partial charge in [-0.2, -0.15) is 0 Å². The van der Waals surface area contributed by atoms with E-state index in [4.69, 9.17) is 0 Å². The lowest BCUT2D eigenvalue weighted by atomic mass is 10.1. The van der Waals surface area contributed by atoms with Gasteiger partial charge in [-0.25, -0.2) is 8.42 Å². The Morgan fingerprint density at radius 3 is 2.57 bits per heavy atom. The van der Waals surface area contributed by atoms with Crippen LogP contribution in [0.4, 0.5) is 5.69 Å². The van der Waals surface area contributed by atoms with E-state index in [0.717, 1.165) is 12.8 Å². The first-order chi connectivity index (χ1) is 9.85. The van der Waals surface area contributed by atoms with Crippen molar-refractivity contribution in [2.24, 2.45) is 5.92 Å². The van der Waals surface area contributed by atoms with Gasteiger partial charge in [-0.3, -0.25) is 9.69 Å². The SMILES string of the molecule is CCS(=O)(=O)c1cccc(NC(=O)[C@H](C2CC2)N(C)C)c1. The Kier molecular flexibility index (Phi) is 4.68. The molecule has 0 aliphatic heterocycles. The van der Waals surface area contributed by atoms with Crippen molar-refractivity contribution >= 4 is 21.4 Å². The van der Waals surface area contributed by atoms with Gasteiger partial charge in [0.1, 0.15) is 0 Å². The molecule has 1 aromatic carbocycles. The maximum Gasteiger partial charge on any atom is 0.241 e. The molecule has 116 valence electrons. The zero-order valence-electron chi connectivity index (χ0n) is 12.7. The lowest BCUT2D eigenvalue weighted by Gasteiger charge is -2.23. The van der Waals surface area contributed by atoms with E-state index in [0.29, 0.717) is 11.6 Å². The van der Waals surface area contributed by atoms with Crippen molar-refractivity contribution < 1.29 is 13.2 Å². The number of anilines is 1. The van der Waals surface area contributed by atoms with E-state index in [1.807, 2.05) is 19.0 Å². The molecule has 21 heavy (non-hydrogen) atoms. The number of likely N-dealkylation sites (N-methyl/N-ethyl adjacent to an activating group) is 1. The molecule has 1 aliphatic carbocycles. The highest BCUT2D eigenvalue weighted by Gasteiger charge is 2.37. The number of nitrogens with zero attached hydrogens (tertiary/aromatic N) is 1. The maximum absolute atomic E-state index is 12.4. The van der Waals surface area contributed by atoms with Gasteiger partial charge in [-0.1, -0.05) is 13.0 Å². The third kappa shape index (κ3) is 3.83. The van der Waals surface area contributed by atoms with Crippen LogP contribution in [0.5, 0.6) is 0 Å². The Labute approximate surface area is 126 Å². The molecule has 0 unspecified atom stereocenters. The van der Waals surface area contributed by atoms with Gasteiger partial charge < -0.3 is 5.32 Å². The molecular weight excluding hydrogens is 288 g/mol. The summed E-state index contributed by atoms with van der Waals surface area (Å²) in [5, 5.41) is 2.84. The van der Waals surface area contributed by atoms with E-state index in [-0.39, 0.29) is 22.6 Å². The number of hydrogen-bond donors (Lipinski definition) is 1. The fourth-order valence-electron chi connectivity index (χ4n) is 2.43. The van der Waals surface area contributed by atoms with E-state index in [9.17, 15) is 13.2 Å². The fraction of sp³-hybridized carbons (Fsp3) is 0.533. The largest absolute Gasteiger partial charge is 0.325 e. The Morgan fingerprint density at radius 1 is 1.38 bits per heavy atom. The first-order valence-electron chi connectivity index (χ1n) is 7.15. The monoisotopic (exact) mass is 310 g/mol. The van der Waals surface area contributed by atoms with E-state index in [1.54, 1.807) is 25.1 Å². The zero-order valence-corrected chi connectivity index (χ0v) is 13.5. The molecule has 2 rings (SSSR count). The van der Waals surface area contributed by atoms with E-state index in [1.165, 1.54) is 6.07 Å². The Bertz CT molecular complexity index is 620. The third-order valence-corrected chi connectivity index (χ3v) is 5.47. The summed E-state index contributed by atoms with van der Waals surface area (Å²) < 4.78 is 23.8. The summed E-state index contributed by atoms with van der Waals surface area (Å²) in [4.78, 5) is 14.5. The summed E-state index contributed by atoms with van der Waals surface area (Å²) in [5.74, 6) is 0.378. The van der Waals surface area contributed by atoms with Gasteiger partial charge in [0, 0.05) is 5.69 Å². The molecule has 0 bridgehead atoms. The molecule has 6 heteroatoms. The molecule has 1 N–H and O–H groups in total. The topological polar surface area (TPSA) is 66.5 Å². The van der Waals surface area contributed by atoms with Crippen molar-refractivity contribution in [3.63, 3.8) is 0 Å². The maximum atomic E-state index is 12.4. The van der Waals surface area contributed by atoms with Gasteiger partial charge in [0.15, 0.2) is 9.84 Å². The van der Waals surface area contributed by atoms with Gasteiger partial charge >= 0.3 is 0 Å². The normalized spacial score (nSPS) is 16.8. The number of carbonyl (C=O) groups is 1. The Hall–Kier alpha value is -1.40. The highest BCUT2D eigenvalue weighted by molar-refractivity contribution is 7.91. The number of benzene rings is 1. The van der Waals surface area contributed by atoms with Crippen molar-refractivity contribution in [3.8, 4) is 0 Å². The molecule has 1 aromatic rings. The predicted octanol–water partition coefficient (Wildman–Crippen LogP) is 1.76. The van der Waals surface area contributed by atoms with Crippen LogP contribution in [0.3, 0.4) is 0 Å². The molecular formula is C15H22N2O3S. The molecule has 0 aromatic heterocycles. The van der Waals surface area contributed by atoms with Crippen molar-refractivity contribution in [3.05, 3.63) is 24.3 Å². The number of nitrogens with one attached hydrogen (secondary N) is 1. The average Bonchev–Trinajstić information content (AvgIpc) is 3.23. The minimum atomic E-state index is -3.26. The molecule has 1 atom stereocenters. The Morgan fingerprint density at radius 2 is 2.05 bits per heavy atom. The fourth-order valence-corrected chi connectivity index (χ4v) is 3.36. The molecule has 1 saturated carbocycles. The molecule has 0 radical (unpaired) electrons. The number of sulfone groups is 1. The first kappa shape index (κ1) is 16.0. The summed E-state index contributed by atoms with van der Waals surface area (Å²) >= 11 is 0. The van der Waals surface area contributed by atoms with Crippen LogP contribution < -0.4 is 5.32 Å². The van der Waals surface area contributed by atoms with Crippen molar-refractivity contribution in [1.82, 2.24) is 4.90 Å². The number of carbonyl (C=O) groups excluding carboxylic acids is 1. The molecule has 1 fully saturated rings. The summed E-state index contributed by atoms with van der Waals surface area (Å²) in [6, 6.07) is 6.29. The lowest BCUT2D eigenvalue weighted by molar-refractivity contribution is -0.121. The van der Waals surface area contributed by atoms with Crippen LogP contribution >= 0.6 is 0 Å². The van der Waals surface area contributed by atoms with Crippen molar-refractivity contribution in [2.75, 3.05) is 25.2 Å². The second-order valence-electron chi connectivity index (χ2n) is 5.67. The standard InChI is InChI=1S/C15H22N2O3S/c1-4-21(19,20)13-7-5-6-12(10-13)16-15(18)14(17(2)3)11-8-9-11/h5-7,10-11,14H,4,8-9H2,1-3H3,(H,16,18)/t14-/m0/s1. The summed E-state index contributed by atoms with van der Waals surface area (Å²) in [5.41, 5.74) is 0.530. The average molecular weight is 310 g/mol. The van der Waals surface area contributed by atoms with Crippen LogP contribution in [-0.4, -0.2) is 45.1 Å². The smallest absolute Gasteiger partial charge is 0.241 e. The quantitative estimate of drug-likeness (QED) is 0.869. The third-order valence-electron chi connectivity index (χ3n) is 3.73. The van der Waals surface area contributed by atoms with Crippen LogP contribution in [0.1, 0.15) is 19.8 Å². The molecule has 1 amide bonds. The summed E-state index contributed by atoms with van der Waals surface area (Å²) in [6.07, 6.45) is 2.14. The predicted molar refractivity (Wildman–Crippen MR) is 83.0 cm³/mol. The van der Waals surface area contributed by atoms with E-state index in [2.05, 4.69) is 5.32 Å². The molecule has 5 nitrogen and oxygen atoms in total. The van der Waals surface area contributed by atoms with Crippen LogP contribution in [-0.2, 0) is 14.6 Å². The van der Waals surface area contributed by atoms with Gasteiger partial charge in [0.2, 0.25) is 5.91 Å². The van der Waals surface area contributed by atoms with Crippen molar-refractivity contribution in [2.45, 2.75) is 30.7 Å². The second-order valence-corrected chi connectivity index (χ2v) is 7.94. The molecule has 0 spiro atoms. The summed E-state index contributed by atoms with van der Waals surface area (Å²) in [7, 11) is 0.520. The van der Waals surface area contributed by atoms with Gasteiger partial charge in [0.25, 0.3) is 0 Å². The van der Waals surface area contributed by atoms with Gasteiger partial charge in [-0.05, 0) is 51.1 Å². The van der Waals surface area contributed by atoms with Crippen LogP contribution in [0.2, 0.25) is 0 Å². The van der Waals surface area contributed by atoms with E-state index >= 15 is 0 Å². The number of hydrogen-bond acceptors (Lipinski definition) is 4. The first-order valence-corrected chi connectivity index (χ1v) is 8.80. The van der Waals surface area contributed by atoms with Gasteiger partial charge in [0.05, 0.1) is 16.7 Å². The van der Waals surface area contributed by atoms with Crippen LogP contribution in [0, 0.1) is 5.92 Å². The molecule has 0 heterocycles. The highest BCUT2D eigenvalue weighted by Crippen LogP contribution is 2.35. The second kappa shape index (κ2) is 6.15. The minimum Gasteiger partial charge on any atom is -0.325 e. The minimum absolute atomic E-state index is 0.0484. The van der Waals surface area contributed by atoms with Crippen LogP contribution in [0.15, 0.2) is 29.2 Å². The van der Waals surface area contributed by atoms with Gasteiger partial charge in [-0.15, -0.1) is 0 Å². The lowest BCUT2D eigenvalue weighted by Crippen LogP contribution is -2.41. The number of rotatable bonds is 6. The van der Waals surface area contributed by atoms with Crippen LogP contribution in [0.25, 0.3) is 0 Å². The van der Waals surface area contributed by atoms with Crippen molar-refractivity contribution in [1.29, 1.82) is 0 Å². The molecule has 0 saturated heterocycles. The zero-order chi connectivity index (χ0) is 15.6. The Balaban J connectivity index is 2.16. The molecule has 1 aliphatic rings.